The molecule has 0 spiro atoms. The average molecular weight is 154 g/mol. The highest BCUT2D eigenvalue weighted by molar-refractivity contribution is 5.22. The van der Waals surface area contributed by atoms with E-state index >= 15 is 0 Å². The van der Waals surface area contributed by atoms with Gasteiger partial charge in [0, 0.05) is 0 Å². The largest absolute Gasteiger partial charge is 0.387 e. The second-order valence-corrected chi connectivity index (χ2v) is 4.56. The topological polar surface area (TPSA) is 40.5 Å². The van der Waals surface area contributed by atoms with E-state index in [-0.39, 0.29) is 0 Å². The Hall–Kier alpha value is -0.0800. The van der Waals surface area contributed by atoms with E-state index in [0.717, 1.165) is 32.1 Å². The van der Waals surface area contributed by atoms with Crippen LogP contribution in [-0.2, 0) is 0 Å². The number of aliphatic hydroxyl groups is 2. The molecule has 62 valence electrons. The Kier molecular flexibility index (Phi) is 0.879. The second-order valence-electron chi connectivity index (χ2n) is 4.56. The molecule has 4 atom stereocenters. The minimum absolute atomic E-state index is 0.422. The maximum absolute atomic E-state index is 10.2. The first kappa shape index (κ1) is 6.44. The number of hydrogen-bond acceptors (Lipinski definition) is 2. The molecule has 0 aromatic carbocycles. The molecular weight excluding hydrogens is 140 g/mol. The third-order valence-corrected chi connectivity index (χ3v) is 4.42. The molecule has 3 rings (SSSR count). The van der Waals surface area contributed by atoms with Crippen molar-refractivity contribution >= 4 is 0 Å². The minimum atomic E-state index is -0.669. The first-order valence-electron chi connectivity index (χ1n) is 4.61. The number of hydrogen-bond donors (Lipinski definition) is 2. The smallest absolute Gasteiger partial charge is 0.0964 e. The molecule has 3 saturated carbocycles. The molecule has 11 heavy (non-hydrogen) atoms. The highest BCUT2D eigenvalue weighted by Gasteiger charge is 2.71. The Morgan fingerprint density at radius 1 is 0.909 bits per heavy atom. The van der Waals surface area contributed by atoms with Gasteiger partial charge in [0.1, 0.15) is 0 Å². The lowest BCUT2D eigenvalue weighted by atomic mass is 9.84. The van der Waals surface area contributed by atoms with Crippen molar-refractivity contribution in [3.05, 3.63) is 0 Å². The zero-order chi connectivity index (χ0) is 7.69. The van der Waals surface area contributed by atoms with E-state index < -0.39 is 11.2 Å². The van der Waals surface area contributed by atoms with E-state index in [1.165, 1.54) is 0 Å². The van der Waals surface area contributed by atoms with Gasteiger partial charge in [-0.15, -0.1) is 0 Å². The minimum Gasteiger partial charge on any atom is -0.387 e. The maximum Gasteiger partial charge on any atom is 0.0964 e. The summed E-state index contributed by atoms with van der Waals surface area (Å²) in [5.41, 5.74) is -1.34. The van der Waals surface area contributed by atoms with Crippen LogP contribution in [0.5, 0.6) is 0 Å². The fraction of sp³-hybridized carbons (Fsp3) is 1.00. The molecule has 2 N–H and O–H groups in total. The summed E-state index contributed by atoms with van der Waals surface area (Å²) in [5, 5.41) is 20.3. The molecule has 3 aliphatic rings. The summed E-state index contributed by atoms with van der Waals surface area (Å²) < 4.78 is 0. The Morgan fingerprint density at radius 3 is 1.64 bits per heavy atom. The second kappa shape index (κ2) is 1.50. The van der Waals surface area contributed by atoms with Crippen LogP contribution in [0.4, 0.5) is 0 Å². The summed E-state index contributed by atoms with van der Waals surface area (Å²) in [6.07, 6.45) is 4.86. The van der Waals surface area contributed by atoms with E-state index in [4.69, 9.17) is 0 Å². The zero-order valence-electron chi connectivity index (χ0n) is 6.58. The van der Waals surface area contributed by atoms with Crippen LogP contribution >= 0.6 is 0 Å². The van der Waals surface area contributed by atoms with Gasteiger partial charge >= 0.3 is 0 Å². The van der Waals surface area contributed by atoms with Crippen molar-refractivity contribution in [1.82, 2.24) is 0 Å². The molecule has 2 heteroatoms. The van der Waals surface area contributed by atoms with Gasteiger partial charge < -0.3 is 10.2 Å². The molecule has 2 nitrogen and oxygen atoms in total. The lowest BCUT2D eigenvalue weighted by molar-refractivity contribution is -0.111. The van der Waals surface area contributed by atoms with Crippen molar-refractivity contribution in [1.29, 1.82) is 0 Å². The van der Waals surface area contributed by atoms with Crippen molar-refractivity contribution in [3.8, 4) is 0 Å². The monoisotopic (exact) mass is 154 g/mol. The SMILES string of the molecule is OC12CCC3CC1CCC32O. The highest BCUT2D eigenvalue weighted by Crippen LogP contribution is 2.65. The van der Waals surface area contributed by atoms with E-state index in [2.05, 4.69) is 0 Å². The van der Waals surface area contributed by atoms with Crippen molar-refractivity contribution in [3.63, 3.8) is 0 Å². The highest BCUT2D eigenvalue weighted by atomic mass is 16.4. The summed E-state index contributed by atoms with van der Waals surface area (Å²) in [6.45, 7) is 0. The van der Waals surface area contributed by atoms with Crippen molar-refractivity contribution in [2.24, 2.45) is 11.8 Å². The molecule has 0 radical (unpaired) electrons. The molecule has 3 aliphatic carbocycles. The van der Waals surface area contributed by atoms with Gasteiger partial charge in [0.05, 0.1) is 11.2 Å². The Labute approximate surface area is 66.2 Å². The number of rotatable bonds is 0. The van der Waals surface area contributed by atoms with Crippen molar-refractivity contribution in [2.45, 2.75) is 43.3 Å². The van der Waals surface area contributed by atoms with Gasteiger partial charge in [-0.25, -0.2) is 0 Å². The van der Waals surface area contributed by atoms with Gasteiger partial charge in [0.2, 0.25) is 0 Å². The van der Waals surface area contributed by atoms with Crippen LogP contribution in [0, 0.1) is 11.8 Å². The Bertz CT molecular complexity index is 194. The van der Waals surface area contributed by atoms with Gasteiger partial charge in [-0.1, -0.05) is 0 Å². The molecule has 4 bridgehead atoms. The van der Waals surface area contributed by atoms with Crippen LogP contribution in [0.3, 0.4) is 0 Å². The van der Waals surface area contributed by atoms with Gasteiger partial charge in [-0.2, -0.15) is 0 Å². The van der Waals surface area contributed by atoms with Gasteiger partial charge in [-0.05, 0) is 43.9 Å². The Balaban J connectivity index is 2.15. The standard InChI is InChI=1S/C9H14O2/c10-8-3-1-6-5-7(8)2-4-9(6,8)11/h6-7,10-11H,1-5H2. The third kappa shape index (κ3) is 0.456. The summed E-state index contributed by atoms with van der Waals surface area (Å²) >= 11 is 0. The van der Waals surface area contributed by atoms with Crippen LogP contribution in [0.1, 0.15) is 32.1 Å². The van der Waals surface area contributed by atoms with Crippen molar-refractivity contribution < 1.29 is 10.2 Å². The fourth-order valence-electron chi connectivity index (χ4n) is 3.78. The predicted molar refractivity (Wildman–Crippen MR) is 40.0 cm³/mol. The molecule has 3 fully saturated rings. The molecule has 0 aromatic heterocycles. The van der Waals surface area contributed by atoms with Crippen LogP contribution in [-0.4, -0.2) is 21.4 Å². The fourth-order valence-corrected chi connectivity index (χ4v) is 3.78. The zero-order valence-corrected chi connectivity index (χ0v) is 6.58. The van der Waals surface area contributed by atoms with Gasteiger partial charge in [0.25, 0.3) is 0 Å². The van der Waals surface area contributed by atoms with Crippen molar-refractivity contribution in [2.75, 3.05) is 0 Å². The van der Waals surface area contributed by atoms with Gasteiger partial charge in [0.15, 0.2) is 0 Å². The first-order valence-corrected chi connectivity index (χ1v) is 4.61. The van der Waals surface area contributed by atoms with E-state index in [0.29, 0.717) is 11.8 Å². The average Bonchev–Trinajstić information content (AvgIpc) is 2.45. The normalized spacial score (nSPS) is 66.0. The molecule has 0 amide bonds. The third-order valence-electron chi connectivity index (χ3n) is 4.42. The quantitative estimate of drug-likeness (QED) is 0.538. The molecule has 0 heterocycles. The molecular formula is C9H14O2. The maximum atomic E-state index is 10.2. The van der Waals surface area contributed by atoms with E-state index in [1.54, 1.807) is 0 Å². The summed E-state index contributed by atoms with van der Waals surface area (Å²) in [7, 11) is 0. The molecule has 0 saturated heterocycles. The summed E-state index contributed by atoms with van der Waals surface area (Å²) in [6, 6.07) is 0. The van der Waals surface area contributed by atoms with Gasteiger partial charge in [-0.3, -0.25) is 0 Å². The van der Waals surface area contributed by atoms with Crippen LogP contribution < -0.4 is 0 Å². The molecule has 4 unspecified atom stereocenters. The lowest BCUT2D eigenvalue weighted by Crippen LogP contribution is -2.46. The lowest BCUT2D eigenvalue weighted by Gasteiger charge is -2.30. The summed E-state index contributed by atoms with van der Waals surface area (Å²) in [4.78, 5) is 0. The first-order chi connectivity index (χ1) is 5.17. The predicted octanol–water partition coefficient (Wildman–Crippen LogP) is 0.672. The van der Waals surface area contributed by atoms with Crippen LogP contribution in [0.15, 0.2) is 0 Å². The summed E-state index contributed by atoms with van der Waals surface area (Å²) in [5.74, 6) is 0.845. The van der Waals surface area contributed by atoms with E-state index in [1.807, 2.05) is 0 Å². The van der Waals surface area contributed by atoms with E-state index in [9.17, 15) is 10.2 Å². The Morgan fingerprint density at radius 2 is 1.36 bits per heavy atom. The molecule has 0 aromatic rings. The molecule has 0 aliphatic heterocycles. The van der Waals surface area contributed by atoms with Crippen LogP contribution in [0.25, 0.3) is 0 Å². The van der Waals surface area contributed by atoms with Crippen LogP contribution in [0.2, 0.25) is 0 Å².